The lowest BCUT2D eigenvalue weighted by Crippen LogP contribution is -2.36. The molecule has 130 valence electrons. The largest absolute Gasteiger partial charge is 0.492 e. The van der Waals surface area contributed by atoms with Gasteiger partial charge in [-0.2, -0.15) is 0 Å². The number of para-hydroxylation sites is 1. The lowest BCUT2D eigenvalue weighted by molar-refractivity contribution is -0.114. The number of rotatable bonds is 7. The van der Waals surface area contributed by atoms with E-state index in [1.807, 2.05) is 31.2 Å². The summed E-state index contributed by atoms with van der Waals surface area (Å²) in [5.74, 6) is 0.357. The predicted octanol–water partition coefficient (Wildman–Crippen LogP) is 1.55. The summed E-state index contributed by atoms with van der Waals surface area (Å²) in [6, 6.07) is 7.01. The maximum atomic E-state index is 12.2. The Labute approximate surface area is 144 Å². The first kappa shape index (κ1) is 18.3. The van der Waals surface area contributed by atoms with Crippen LogP contribution in [0.2, 0.25) is 0 Å². The molecular formula is C14H18N4O4S2. The maximum Gasteiger partial charge on any atom is 0.270 e. The fraction of sp³-hybridized carbons (Fsp3) is 0.357. The number of aryl methyl sites for hydroxylation is 1. The lowest BCUT2D eigenvalue weighted by Gasteiger charge is -2.15. The van der Waals surface area contributed by atoms with Gasteiger partial charge < -0.3 is 10.1 Å². The molecule has 1 heterocycles. The quantitative estimate of drug-likeness (QED) is 0.716. The summed E-state index contributed by atoms with van der Waals surface area (Å²) < 4.78 is 32.4. The van der Waals surface area contributed by atoms with Crippen LogP contribution >= 0.6 is 11.3 Å². The first-order valence-corrected chi connectivity index (χ1v) is 9.40. The van der Waals surface area contributed by atoms with E-state index in [1.165, 1.54) is 6.92 Å². The number of anilines is 1. The Bertz CT molecular complexity index is 820. The molecule has 0 radical (unpaired) electrons. The average molecular weight is 370 g/mol. The van der Waals surface area contributed by atoms with Gasteiger partial charge in [0, 0.05) is 6.92 Å². The Morgan fingerprint density at radius 1 is 1.33 bits per heavy atom. The van der Waals surface area contributed by atoms with Crippen molar-refractivity contribution in [3.63, 3.8) is 0 Å². The van der Waals surface area contributed by atoms with Gasteiger partial charge in [-0.1, -0.05) is 29.5 Å². The average Bonchev–Trinajstić information content (AvgIpc) is 2.94. The third kappa shape index (κ3) is 4.98. The first-order valence-electron chi connectivity index (χ1n) is 7.10. The van der Waals surface area contributed by atoms with Crippen molar-refractivity contribution in [3.05, 3.63) is 29.8 Å². The van der Waals surface area contributed by atoms with Crippen LogP contribution in [0, 0.1) is 6.92 Å². The molecule has 0 spiro atoms. The fourth-order valence-corrected chi connectivity index (χ4v) is 3.99. The number of ether oxygens (including phenoxy) is 1. The van der Waals surface area contributed by atoms with Gasteiger partial charge in [-0.3, -0.25) is 4.79 Å². The Kier molecular flexibility index (Phi) is 5.86. The lowest BCUT2D eigenvalue weighted by atomic mass is 10.2. The highest BCUT2D eigenvalue weighted by Crippen LogP contribution is 2.20. The number of carbonyl (C=O) groups excluding carboxylic acids is 1. The number of benzene rings is 1. The van der Waals surface area contributed by atoms with Crippen LogP contribution < -0.4 is 14.8 Å². The number of sulfonamides is 1. The van der Waals surface area contributed by atoms with Gasteiger partial charge in [0.05, 0.1) is 6.04 Å². The molecule has 0 bridgehead atoms. The minimum Gasteiger partial charge on any atom is -0.492 e. The Morgan fingerprint density at radius 2 is 2.04 bits per heavy atom. The number of aromatic nitrogens is 2. The van der Waals surface area contributed by atoms with Gasteiger partial charge in [0.15, 0.2) is 0 Å². The van der Waals surface area contributed by atoms with Crippen LogP contribution in [-0.2, 0) is 14.8 Å². The second-order valence-electron chi connectivity index (χ2n) is 5.15. The maximum absolute atomic E-state index is 12.2. The minimum absolute atomic E-state index is 0.131. The highest BCUT2D eigenvalue weighted by Gasteiger charge is 2.23. The number of nitrogens with one attached hydrogen (secondary N) is 2. The third-order valence-electron chi connectivity index (χ3n) is 2.86. The van der Waals surface area contributed by atoms with Gasteiger partial charge in [0.25, 0.3) is 10.0 Å². The Morgan fingerprint density at radius 3 is 2.71 bits per heavy atom. The monoisotopic (exact) mass is 370 g/mol. The molecule has 0 saturated heterocycles. The molecule has 2 rings (SSSR count). The fourth-order valence-electron chi connectivity index (χ4n) is 1.80. The molecule has 0 aliphatic carbocycles. The molecule has 0 saturated carbocycles. The zero-order chi connectivity index (χ0) is 17.7. The van der Waals surface area contributed by atoms with Crippen LogP contribution in [0.15, 0.2) is 28.6 Å². The molecule has 2 aromatic rings. The second kappa shape index (κ2) is 7.69. The molecule has 0 unspecified atom stereocenters. The van der Waals surface area contributed by atoms with Gasteiger partial charge in [-0.25, -0.2) is 13.1 Å². The van der Waals surface area contributed by atoms with Crippen molar-refractivity contribution in [1.82, 2.24) is 14.9 Å². The van der Waals surface area contributed by atoms with Gasteiger partial charge in [-0.15, -0.1) is 10.2 Å². The predicted molar refractivity (Wildman–Crippen MR) is 90.7 cm³/mol. The Hall–Kier alpha value is -2.04. The zero-order valence-electron chi connectivity index (χ0n) is 13.4. The minimum atomic E-state index is -3.83. The van der Waals surface area contributed by atoms with Crippen LogP contribution in [-0.4, -0.2) is 37.2 Å². The smallest absolute Gasteiger partial charge is 0.270 e. The van der Waals surface area contributed by atoms with Gasteiger partial charge in [-0.05, 0) is 25.5 Å². The molecule has 2 N–H and O–H groups in total. The standard InChI is InChI=1S/C14H18N4O4S2/c1-9-6-4-5-7-12(9)22-8-10(2)18-24(20,21)14-17-16-13(23-14)15-11(3)19/h4-7,10,18H,8H2,1-3H3,(H,15,16,19)/t10-/m1/s1. The van der Waals surface area contributed by atoms with Crippen molar-refractivity contribution in [1.29, 1.82) is 0 Å². The molecule has 1 atom stereocenters. The first-order chi connectivity index (χ1) is 11.3. The molecule has 0 aliphatic heterocycles. The zero-order valence-corrected chi connectivity index (χ0v) is 15.1. The van der Waals surface area contributed by atoms with Gasteiger partial charge in [0.2, 0.25) is 15.4 Å². The second-order valence-corrected chi connectivity index (χ2v) is 8.02. The Balaban J connectivity index is 1.97. The number of hydrogen-bond donors (Lipinski definition) is 2. The normalized spacial score (nSPS) is 12.6. The van der Waals surface area contributed by atoms with Crippen molar-refractivity contribution in [3.8, 4) is 5.75 Å². The highest BCUT2D eigenvalue weighted by atomic mass is 32.2. The summed E-state index contributed by atoms with van der Waals surface area (Å²) in [5, 5.41) is 9.73. The summed E-state index contributed by atoms with van der Waals surface area (Å²) in [7, 11) is -3.83. The number of carbonyl (C=O) groups is 1. The summed E-state index contributed by atoms with van der Waals surface area (Å²) in [6.07, 6.45) is 0. The molecule has 0 fully saturated rings. The van der Waals surface area contributed by atoms with Gasteiger partial charge in [0.1, 0.15) is 12.4 Å². The summed E-state index contributed by atoms with van der Waals surface area (Å²) in [4.78, 5) is 10.9. The summed E-state index contributed by atoms with van der Waals surface area (Å²) in [5.41, 5.74) is 0.969. The highest BCUT2D eigenvalue weighted by molar-refractivity contribution is 7.91. The van der Waals surface area contributed by atoms with E-state index < -0.39 is 16.1 Å². The number of nitrogens with zero attached hydrogens (tertiary/aromatic N) is 2. The van der Waals surface area contributed by atoms with Crippen molar-refractivity contribution in [2.24, 2.45) is 0 Å². The topological polar surface area (TPSA) is 110 Å². The van der Waals surface area contributed by atoms with Crippen LogP contribution in [0.25, 0.3) is 0 Å². The van der Waals surface area contributed by atoms with Gasteiger partial charge >= 0.3 is 0 Å². The molecule has 0 aliphatic rings. The van der Waals surface area contributed by atoms with Crippen molar-refractivity contribution >= 4 is 32.4 Å². The summed E-state index contributed by atoms with van der Waals surface area (Å²) in [6.45, 7) is 5.07. The molecule has 8 nitrogen and oxygen atoms in total. The molecule has 10 heteroatoms. The molecule has 24 heavy (non-hydrogen) atoms. The van der Waals surface area contributed by atoms with E-state index >= 15 is 0 Å². The van der Waals surface area contributed by atoms with Crippen molar-refractivity contribution in [2.45, 2.75) is 31.2 Å². The molecular weight excluding hydrogens is 352 g/mol. The van der Waals surface area contributed by atoms with Crippen molar-refractivity contribution < 1.29 is 17.9 Å². The third-order valence-corrected chi connectivity index (χ3v) is 5.65. The van der Waals surface area contributed by atoms with Crippen LogP contribution in [0.3, 0.4) is 0 Å². The number of hydrogen-bond acceptors (Lipinski definition) is 7. The molecule has 1 aromatic carbocycles. The van der Waals surface area contributed by atoms with Crippen LogP contribution in [0.1, 0.15) is 19.4 Å². The van der Waals surface area contributed by atoms with Crippen molar-refractivity contribution in [2.75, 3.05) is 11.9 Å². The van der Waals surface area contributed by atoms with E-state index in [4.69, 9.17) is 4.74 Å². The molecule has 1 amide bonds. The van der Waals surface area contributed by atoms with E-state index in [9.17, 15) is 13.2 Å². The SMILES string of the molecule is CC(=O)Nc1nnc(S(=O)(=O)N[C@H](C)COc2ccccc2C)s1. The van der Waals surface area contributed by atoms with E-state index in [0.717, 1.165) is 16.9 Å². The van der Waals surface area contributed by atoms with E-state index in [1.54, 1.807) is 6.92 Å². The summed E-state index contributed by atoms with van der Waals surface area (Å²) >= 11 is 0.782. The van der Waals surface area contributed by atoms with E-state index in [2.05, 4.69) is 20.2 Å². The van der Waals surface area contributed by atoms with E-state index in [0.29, 0.717) is 5.75 Å². The number of amides is 1. The van der Waals surface area contributed by atoms with E-state index in [-0.39, 0.29) is 22.0 Å². The van der Waals surface area contributed by atoms with Crippen LogP contribution in [0.5, 0.6) is 5.75 Å². The van der Waals surface area contributed by atoms with Crippen LogP contribution in [0.4, 0.5) is 5.13 Å². The molecule has 1 aromatic heterocycles.